The van der Waals surface area contributed by atoms with Crippen molar-refractivity contribution in [2.24, 2.45) is 0 Å². The Morgan fingerprint density at radius 1 is 1.29 bits per heavy atom. The van der Waals surface area contributed by atoms with E-state index in [1.54, 1.807) is 25.5 Å². The lowest BCUT2D eigenvalue weighted by molar-refractivity contribution is -0.133. The molecule has 1 N–H and O–H groups in total. The number of benzene rings is 1. The first-order valence-corrected chi connectivity index (χ1v) is 6.49. The fourth-order valence-corrected chi connectivity index (χ4v) is 1.99. The normalized spacial score (nSPS) is 12.0. The molecule has 1 aromatic carbocycles. The molecule has 1 atom stereocenters. The second-order valence-electron chi connectivity index (χ2n) is 4.65. The summed E-state index contributed by atoms with van der Waals surface area (Å²) in [7, 11) is 1.62. The first kappa shape index (κ1) is 15.1. The maximum atomic E-state index is 12.9. The van der Waals surface area contributed by atoms with Crippen LogP contribution in [0.15, 0.2) is 42.7 Å². The summed E-state index contributed by atoms with van der Waals surface area (Å²) in [6, 6.07) is 7.24. The van der Waals surface area contributed by atoms with Crippen LogP contribution >= 0.6 is 0 Å². The van der Waals surface area contributed by atoms with Crippen molar-refractivity contribution in [2.45, 2.75) is 12.5 Å². The van der Waals surface area contributed by atoms with E-state index >= 15 is 0 Å². The Hall–Kier alpha value is -2.34. The second kappa shape index (κ2) is 6.90. The van der Waals surface area contributed by atoms with Crippen molar-refractivity contribution in [1.29, 1.82) is 0 Å². The summed E-state index contributed by atoms with van der Waals surface area (Å²) >= 11 is 0. The molecule has 0 saturated heterocycles. The maximum absolute atomic E-state index is 12.9. The largest absolute Gasteiger partial charge is 0.395 e. The lowest BCUT2D eigenvalue weighted by Crippen LogP contribution is -2.33. The SMILES string of the molecule is CN(Cc1ncccn1)C(=O)C(CO)c1ccc(F)cc1. The van der Waals surface area contributed by atoms with Crippen molar-refractivity contribution in [3.63, 3.8) is 0 Å². The molecule has 1 heterocycles. The van der Waals surface area contributed by atoms with Crippen molar-refractivity contribution >= 4 is 5.91 Å². The monoisotopic (exact) mass is 289 g/mol. The van der Waals surface area contributed by atoms with Gasteiger partial charge in [-0.2, -0.15) is 0 Å². The van der Waals surface area contributed by atoms with E-state index in [1.165, 1.54) is 29.2 Å². The number of carbonyl (C=O) groups excluding carboxylic acids is 1. The van der Waals surface area contributed by atoms with Gasteiger partial charge in [-0.25, -0.2) is 14.4 Å². The van der Waals surface area contributed by atoms with Crippen LogP contribution in [0.2, 0.25) is 0 Å². The number of amides is 1. The van der Waals surface area contributed by atoms with Gasteiger partial charge in [0.05, 0.1) is 19.1 Å². The van der Waals surface area contributed by atoms with Gasteiger partial charge >= 0.3 is 0 Å². The van der Waals surface area contributed by atoms with E-state index in [-0.39, 0.29) is 24.9 Å². The summed E-state index contributed by atoms with van der Waals surface area (Å²) < 4.78 is 12.9. The van der Waals surface area contributed by atoms with E-state index in [0.29, 0.717) is 11.4 Å². The van der Waals surface area contributed by atoms with Crippen LogP contribution in [0.3, 0.4) is 0 Å². The minimum Gasteiger partial charge on any atom is -0.395 e. The number of aromatic nitrogens is 2. The summed E-state index contributed by atoms with van der Waals surface area (Å²) in [6.07, 6.45) is 3.20. The molecule has 0 bridgehead atoms. The number of nitrogens with zero attached hydrogens (tertiary/aromatic N) is 3. The lowest BCUT2D eigenvalue weighted by Gasteiger charge is -2.22. The van der Waals surface area contributed by atoms with E-state index in [2.05, 4.69) is 9.97 Å². The van der Waals surface area contributed by atoms with Crippen LogP contribution in [-0.4, -0.2) is 39.5 Å². The highest BCUT2D eigenvalue weighted by molar-refractivity contribution is 5.83. The smallest absolute Gasteiger partial charge is 0.232 e. The Bertz CT molecular complexity index is 590. The fourth-order valence-electron chi connectivity index (χ4n) is 1.99. The first-order chi connectivity index (χ1) is 10.1. The zero-order valence-corrected chi connectivity index (χ0v) is 11.6. The number of aliphatic hydroxyl groups excluding tert-OH is 1. The number of hydrogen-bond donors (Lipinski definition) is 1. The fraction of sp³-hybridized carbons (Fsp3) is 0.267. The third-order valence-corrected chi connectivity index (χ3v) is 3.13. The van der Waals surface area contributed by atoms with Gasteiger partial charge in [0.25, 0.3) is 0 Å². The summed E-state index contributed by atoms with van der Waals surface area (Å²) in [6.45, 7) is -0.0954. The van der Waals surface area contributed by atoms with Gasteiger partial charge in [0.2, 0.25) is 5.91 Å². The molecule has 110 valence electrons. The summed E-state index contributed by atoms with van der Waals surface area (Å²) in [5, 5.41) is 9.46. The average Bonchev–Trinajstić information content (AvgIpc) is 2.50. The molecule has 5 nitrogen and oxygen atoms in total. The number of carbonyl (C=O) groups is 1. The first-order valence-electron chi connectivity index (χ1n) is 6.49. The third-order valence-electron chi connectivity index (χ3n) is 3.13. The van der Waals surface area contributed by atoms with Crippen LogP contribution in [0, 0.1) is 5.82 Å². The predicted molar refractivity (Wildman–Crippen MR) is 74.7 cm³/mol. The van der Waals surface area contributed by atoms with Crippen LogP contribution in [0.5, 0.6) is 0 Å². The van der Waals surface area contributed by atoms with Crippen LogP contribution < -0.4 is 0 Å². The third kappa shape index (κ3) is 3.82. The van der Waals surface area contributed by atoms with E-state index in [0.717, 1.165) is 0 Å². The molecule has 21 heavy (non-hydrogen) atoms. The molecule has 2 rings (SSSR count). The molecule has 1 unspecified atom stereocenters. The highest BCUT2D eigenvalue weighted by atomic mass is 19.1. The molecule has 0 spiro atoms. The number of halogens is 1. The molecule has 0 aliphatic rings. The maximum Gasteiger partial charge on any atom is 0.232 e. The number of likely N-dealkylation sites (N-methyl/N-ethyl adjacent to an activating group) is 1. The van der Waals surface area contributed by atoms with Crippen LogP contribution in [0.1, 0.15) is 17.3 Å². The number of aliphatic hydroxyl groups is 1. The standard InChI is InChI=1S/C15H16FN3O2/c1-19(9-14-17-7-2-8-18-14)15(21)13(10-20)11-3-5-12(16)6-4-11/h2-8,13,20H,9-10H2,1H3. The Balaban J connectivity index is 2.10. The van der Waals surface area contributed by atoms with Crippen LogP contribution in [-0.2, 0) is 11.3 Å². The van der Waals surface area contributed by atoms with E-state index in [9.17, 15) is 14.3 Å². The van der Waals surface area contributed by atoms with Gasteiger partial charge < -0.3 is 10.0 Å². The molecule has 0 radical (unpaired) electrons. The van der Waals surface area contributed by atoms with Crippen molar-refractivity contribution in [2.75, 3.05) is 13.7 Å². The average molecular weight is 289 g/mol. The minimum absolute atomic E-state index is 0.247. The predicted octanol–water partition coefficient (Wildman–Crippen LogP) is 1.35. The van der Waals surface area contributed by atoms with Crippen molar-refractivity contribution < 1.29 is 14.3 Å². The summed E-state index contributed by atoms with van der Waals surface area (Å²) in [5.41, 5.74) is 0.574. The highest BCUT2D eigenvalue weighted by Gasteiger charge is 2.23. The molecule has 1 aromatic heterocycles. The van der Waals surface area contributed by atoms with Gasteiger partial charge in [-0.15, -0.1) is 0 Å². The van der Waals surface area contributed by atoms with Gasteiger partial charge in [-0.05, 0) is 23.8 Å². The van der Waals surface area contributed by atoms with Crippen molar-refractivity contribution in [3.05, 3.63) is 59.9 Å². The lowest BCUT2D eigenvalue weighted by atomic mass is 9.98. The number of hydrogen-bond acceptors (Lipinski definition) is 4. The molecule has 0 aliphatic heterocycles. The molecular weight excluding hydrogens is 273 g/mol. The van der Waals surface area contributed by atoms with E-state index < -0.39 is 5.92 Å². The van der Waals surface area contributed by atoms with Gasteiger partial charge in [0, 0.05) is 19.4 Å². The molecule has 2 aromatic rings. The Kier molecular flexibility index (Phi) is 4.94. The molecule has 6 heteroatoms. The molecule has 0 aliphatic carbocycles. The topological polar surface area (TPSA) is 66.3 Å². The zero-order chi connectivity index (χ0) is 15.2. The molecule has 0 fully saturated rings. The Morgan fingerprint density at radius 3 is 2.48 bits per heavy atom. The van der Waals surface area contributed by atoms with Crippen LogP contribution in [0.25, 0.3) is 0 Å². The Labute approximate surface area is 122 Å². The number of rotatable bonds is 5. The van der Waals surface area contributed by atoms with E-state index in [1.807, 2.05) is 0 Å². The highest BCUT2D eigenvalue weighted by Crippen LogP contribution is 2.18. The Morgan fingerprint density at radius 2 is 1.90 bits per heavy atom. The quantitative estimate of drug-likeness (QED) is 0.902. The summed E-state index contributed by atoms with van der Waals surface area (Å²) in [4.78, 5) is 21.9. The van der Waals surface area contributed by atoms with Gasteiger partial charge in [-0.3, -0.25) is 4.79 Å². The van der Waals surface area contributed by atoms with Gasteiger partial charge in [-0.1, -0.05) is 12.1 Å². The summed E-state index contributed by atoms with van der Waals surface area (Å²) in [5.74, 6) is -0.853. The van der Waals surface area contributed by atoms with Gasteiger partial charge in [0.1, 0.15) is 11.6 Å². The van der Waals surface area contributed by atoms with Crippen molar-refractivity contribution in [1.82, 2.24) is 14.9 Å². The van der Waals surface area contributed by atoms with Crippen molar-refractivity contribution in [3.8, 4) is 0 Å². The molecule has 0 saturated carbocycles. The van der Waals surface area contributed by atoms with E-state index in [4.69, 9.17) is 0 Å². The second-order valence-corrected chi connectivity index (χ2v) is 4.65. The van der Waals surface area contributed by atoms with Crippen LogP contribution in [0.4, 0.5) is 4.39 Å². The molecule has 1 amide bonds. The molecular formula is C15H16FN3O2. The van der Waals surface area contributed by atoms with Gasteiger partial charge in [0.15, 0.2) is 0 Å². The zero-order valence-electron chi connectivity index (χ0n) is 11.6. The minimum atomic E-state index is -0.723.